The van der Waals surface area contributed by atoms with Crippen LogP contribution >= 0.6 is 0 Å². The standard InChI is InChI=1S/C23H26FN5O2/c1-14(15-5-6-15)10-20(30)18-12-25-29-9-7-21(26-22(18)29)28-8-3-4-19(28)17-11-16(24)13-27(2)23(17)31/h7,9,11-15,19H,3-6,8,10H2,1-2H3/t14-,19-/m1/s1. The minimum absolute atomic E-state index is 0.0658. The fourth-order valence-electron chi connectivity index (χ4n) is 4.75. The number of carbonyl (C=O) groups excluding carboxylic acids is 1. The average Bonchev–Trinajstić information content (AvgIpc) is 3.33. The number of aromatic nitrogens is 4. The van der Waals surface area contributed by atoms with Crippen molar-refractivity contribution in [3.63, 3.8) is 0 Å². The van der Waals surface area contributed by atoms with Crippen LogP contribution in [0.3, 0.4) is 0 Å². The third-order valence-electron chi connectivity index (χ3n) is 6.67. The van der Waals surface area contributed by atoms with Crippen LogP contribution in [0, 0.1) is 17.7 Å². The summed E-state index contributed by atoms with van der Waals surface area (Å²) in [5.74, 6) is 1.34. The van der Waals surface area contributed by atoms with Gasteiger partial charge in [0.1, 0.15) is 11.6 Å². The van der Waals surface area contributed by atoms with E-state index in [-0.39, 0.29) is 17.4 Å². The van der Waals surface area contributed by atoms with Gasteiger partial charge in [0.05, 0.1) is 17.8 Å². The molecule has 3 aromatic rings. The predicted molar refractivity (Wildman–Crippen MR) is 115 cm³/mol. The Bertz CT molecular complexity index is 1210. The molecule has 2 fully saturated rings. The van der Waals surface area contributed by atoms with Crippen LogP contribution in [0.25, 0.3) is 5.65 Å². The van der Waals surface area contributed by atoms with Gasteiger partial charge in [-0.3, -0.25) is 9.59 Å². The molecule has 2 aliphatic rings. The summed E-state index contributed by atoms with van der Waals surface area (Å²) in [6, 6.07) is 2.92. The van der Waals surface area contributed by atoms with Gasteiger partial charge in [-0.25, -0.2) is 13.9 Å². The fourth-order valence-corrected chi connectivity index (χ4v) is 4.75. The summed E-state index contributed by atoms with van der Waals surface area (Å²) in [7, 11) is 1.56. The Labute approximate surface area is 179 Å². The number of pyridine rings is 1. The Morgan fingerprint density at radius 3 is 2.90 bits per heavy atom. The fraction of sp³-hybridized carbons (Fsp3) is 0.478. The van der Waals surface area contributed by atoms with Gasteiger partial charge in [0.25, 0.3) is 5.56 Å². The number of anilines is 1. The zero-order chi connectivity index (χ0) is 21.7. The van der Waals surface area contributed by atoms with Crippen molar-refractivity contribution >= 4 is 17.2 Å². The van der Waals surface area contributed by atoms with Crippen LogP contribution in [0.5, 0.6) is 0 Å². The normalized spacial score (nSPS) is 19.8. The van der Waals surface area contributed by atoms with Crippen molar-refractivity contribution < 1.29 is 9.18 Å². The number of rotatable bonds is 6. The Balaban J connectivity index is 1.48. The number of carbonyl (C=O) groups is 1. The van der Waals surface area contributed by atoms with E-state index in [0.29, 0.717) is 47.4 Å². The second kappa shape index (κ2) is 7.59. The average molecular weight is 423 g/mol. The van der Waals surface area contributed by atoms with Gasteiger partial charge in [0.15, 0.2) is 11.4 Å². The highest BCUT2D eigenvalue weighted by molar-refractivity contribution is 6.01. The van der Waals surface area contributed by atoms with Crippen LogP contribution in [0.4, 0.5) is 10.2 Å². The Morgan fingerprint density at radius 1 is 1.32 bits per heavy atom. The Morgan fingerprint density at radius 2 is 2.13 bits per heavy atom. The van der Waals surface area contributed by atoms with E-state index in [1.165, 1.54) is 29.7 Å². The molecule has 4 heterocycles. The molecule has 2 atom stereocenters. The first-order valence-corrected chi connectivity index (χ1v) is 10.9. The number of hydrogen-bond acceptors (Lipinski definition) is 5. The van der Waals surface area contributed by atoms with Crippen LogP contribution in [-0.2, 0) is 7.05 Å². The smallest absolute Gasteiger partial charge is 0.255 e. The molecule has 0 radical (unpaired) electrons. The summed E-state index contributed by atoms with van der Waals surface area (Å²) in [5, 5.41) is 4.30. The lowest BCUT2D eigenvalue weighted by Gasteiger charge is -2.26. The molecule has 31 heavy (non-hydrogen) atoms. The number of fused-ring (bicyclic) bond motifs is 1. The molecular weight excluding hydrogens is 397 g/mol. The summed E-state index contributed by atoms with van der Waals surface area (Å²) in [6.07, 6.45) is 9.13. The summed E-state index contributed by atoms with van der Waals surface area (Å²) in [4.78, 5) is 32.4. The number of hydrogen-bond donors (Lipinski definition) is 0. The van der Waals surface area contributed by atoms with Crippen molar-refractivity contribution in [3.8, 4) is 0 Å². The Hall–Kier alpha value is -3.03. The number of aryl methyl sites for hydroxylation is 1. The number of Topliss-reactive ketones (excluding diaryl/α,β-unsaturated/α-hetero) is 1. The van der Waals surface area contributed by atoms with Crippen molar-refractivity contribution in [2.45, 2.75) is 45.1 Å². The molecule has 0 unspecified atom stereocenters. The van der Waals surface area contributed by atoms with Crippen molar-refractivity contribution in [1.29, 1.82) is 0 Å². The van der Waals surface area contributed by atoms with Crippen molar-refractivity contribution in [2.24, 2.45) is 18.9 Å². The van der Waals surface area contributed by atoms with Gasteiger partial charge in [0.2, 0.25) is 0 Å². The molecule has 8 heteroatoms. The molecule has 7 nitrogen and oxygen atoms in total. The summed E-state index contributed by atoms with van der Waals surface area (Å²) < 4.78 is 16.9. The molecule has 1 aliphatic heterocycles. The van der Waals surface area contributed by atoms with Crippen LogP contribution in [0.1, 0.15) is 61.0 Å². The lowest BCUT2D eigenvalue weighted by atomic mass is 9.97. The molecular formula is C23H26FN5O2. The molecule has 162 valence electrons. The molecule has 1 saturated heterocycles. The van der Waals surface area contributed by atoms with Crippen LogP contribution in [0.2, 0.25) is 0 Å². The van der Waals surface area contributed by atoms with E-state index in [1.807, 2.05) is 11.0 Å². The minimum atomic E-state index is -0.430. The van der Waals surface area contributed by atoms with Crippen LogP contribution < -0.4 is 10.5 Å². The van der Waals surface area contributed by atoms with E-state index in [4.69, 9.17) is 4.98 Å². The largest absolute Gasteiger partial charge is 0.349 e. The van der Waals surface area contributed by atoms with Crippen molar-refractivity contribution in [2.75, 3.05) is 11.4 Å². The quantitative estimate of drug-likeness (QED) is 0.567. The van der Waals surface area contributed by atoms with Gasteiger partial charge < -0.3 is 9.47 Å². The summed E-state index contributed by atoms with van der Waals surface area (Å²) in [6.45, 7) is 2.85. The van der Waals surface area contributed by atoms with E-state index < -0.39 is 5.82 Å². The molecule has 3 aromatic heterocycles. The molecule has 0 N–H and O–H groups in total. The van der Waals surface area contributed by atoms with Crippen molar-refractivity contribution in [3.05, 3.63) is 58.0 Å². The van der Waals surface area contributed by atoms with Gasteiger partial charge in [-0.05, 0) is 49.7 Å². The van der Waals surface area contributed by atoms with Gasteiger partial charge in [-0.2, -0.15) is 5.10 Å². The van der Waals surface area contributed by atoms with Crippen LogP contribution in [0.15, 0.2) is 35.5 Å². The monoisotopic (exact) mass is 423 g/mol. The molecule has 0 aromatic carbocycles. The van der Waals surface area contributed by atoms with Gasteiger partial charge in [-0.1, -0.05) is 6.92 Å². The first kappa shape index (κ1) is 19.9. The number of halogens is 1. The van der Waals surface area contributed by atoms with E-state index >= 15 is 0 Å². The van der Waals surface area contributed by atoms with E-state index in [1.54, 1.807) is 24.0 Å². The minimum Gasteiger partial charge on any atom is -0.349 e. The second-order valence-corrected chi connectivity index (χ2v) is 8.94. The third-order valence-corrected chi connectivity index (χ3v) is 6.67. The lowest BCUT2D eigenvalue weighted by Crippen LogP contribution is -2.31. The van der Waals surface area contributed by atoms with Crippen LogP contribution in [-0.4, -0.2) is 31.5 Å². The predicted octanol–water partition coefficient (Wildman–Crippen LogP) is 3.53. The van der Waals surface area contributed by atoms with Gasteiger partial charge >= 0.3 is 0 Å². The maximum Gasteiger partial charge on any atom is 0.255 e. The first-order valence-electron chi connectivity index (χ1n) is 10.9. The number of ketones is 1. The summed E-state index contributed by atoms with van der Waals surface area (Å²) in [5.41, 5.74) is 1.30. The zero-order valence-electron chi connectivity index (χ0n) is 17.8. The zero-order valence-corrected chi connectivity index (χ0v) is 17.8. The maximum atomic E-state index is 14.0. The van der Waals surface area contributed by atoms with E-state index in [9.17, 15) is 14.0 Å². The molecule has 0 spiro atoms. The highest BCUT2D eigenvalue weighted by atomic mass is 19.1. The van der Waals surface area contributed by atoms with Gasteiger partial charge in [-0.15, -0.1) is 0 Å². The molecule has 1 aliphatic carbocycles. The maximum absolute atomic E-state index is 14.0. The first-order chi connectivity index (χ1) is 14.9. The van der Waals surface area contributed by atoms with Crippen molar-refractivity contribution in [1.82, 2.24) is 19.2 Å². The Kier molecular flexibility index (Phi) is 4.87. The number of nitrogens with zero attached hydrogens (tertiary/aromatic N) is 5. The molecule has 0 amide bonds. The van der Waals surface area contributed by atoms with Gasteiger partial charge in [0, 0.05) is 38.0 Å². The van der Waals surface area contributed by atoms with E-state index in [2.05, 4.69) is 12.0 Å². The SMILES string of the molecule is C[C@H](CC(=O)c1cnn2ccc(N3CCC[C@@H]3c3cc(F)cn(C)c3=O)nc12)C1CC1. The molecule has 0 bridgehead atoms. The topological polar surface area (TPSA) is 72.5 Å². The molecule has 5 rings (SSSR count). The highest BCUT2D eigenvalue weighted by Crippen LogP contribution is 2.39. The molecule has 1 saturated carbocycles. The van der Waals surface area contributed by atoms with E-state index in [0.717, 1.165) is 12.8 Å². The highest BCUT2D eigenvalue weighted by Gasteiger charge is 2.32. The second-order valence-electron chi connectivity index (χ2n) is 8.94. The third kappa shape index (κ3) is 3.64. The summed E-state index contributed by atoms with van der Waals surface area (Å²) >= 11 is 0. The lowest BCUT2D eigenvalue weighted by molar-refractivity contribution is 0.0961.